The Kier molecular flexibility index (Phi) is 5.23. The van der Waals surface area contributed by atoms with Crippen LogP contribution >= 0.6 is 0 Å². The van der Waals surface area contributed by atoms with Crippen molar-refractivity contribution >= 4 is 0 Å². The molecule has 0 amide bonds. The van der Waals surface area contributed by atoms with Gasteiger partial charge in [0.25, 0.3) is 0 Å². The number of ether oxygens (including phenoxy) is 2. The van der Waals surface area contributed by atoms with Gasteiger partial charge in [-0.1, -0.05) is 43.3 Å². The molecule has 0 radical (unpaired) electrons. The highest BCUT2D eigenvalue weighted by atomic mass is 16.5. The van der Waals surface area contributed by atoms with E-state index in [2.05, 4.69) is 19.1 Å². The smallest absolute Gasteiger partial charge is 0.128 e. The Balaban J connectivity index is 2.22. The van der Waals surface area contributed by atoms with Crippen molar-refractivity contribution in [3.63, 3.8) is 0 Å². The van der Waals surface area contributed by atoms with E-state index >= 15 is 0 Å². The van der Waals surface area contributed by atoms with Gasteiger partial charge in [-0.05, 0) is 30.0 Å². The quantitative estimate of drug-likeness (QED) is 0.874. The number of rotatable bonds is 6. The molecule has 0 saturated carbocycles. The van der Waals surface area contributed by atoms with Gasteiger partial charge in [-0.2, -0.15) is 0 Å². The number of methoxy groups -OCH3 is 2. The maximum Gasteiger partial charge on any atom is 0.128 e. The van der Waals surface area contributed by atoms with Gasteiger partial charge in [-0.15, -0.1) is 0 Å². The topological polar surface area (TPSA) is 38.7 Å². The molecule has 3 heteroatoms. The molecule has 112 valence electrons. The summed E-state index contributed by atoms with van der Waals surface area (Å²) in [7, 11) is 3.21. The fourth-order valence-corrected chi connectivity index (χ4v) is 2.58. The van der Waals surface area contributed by atoms with Gasteiger partial charge in [0.2, 0.25) is 0 Å². The molecule has 0 aliphatic heterocycles. The molecule has 0 aliphatic rings. The minimum absolute atomic E-state index is 0.246. The Morgan fingerprint density at radius 1 is 0.905 bits per heavy atom. The molecule has 0 aromatic heterocycles. The monoisotopic (exact) mass is 286 g/mol. The molecule has 2 unspecified atom stereocenters. The third-order valence-electron chi connectivity index (χ3n) is 3.74. The van der Waals surface area contributed by atoms with Crippen molar-refractivity contribution in [3.8, 4) is 11.5 Å². The number of benzene rings is 2. The fourth-order valence-electron chi connectivity index (χ4n) is 2.58. The molecule has 3 nitrogen and oxygen atoms in total. The van der Waals surface area contributed by atoms with Crippen molar-refractivity contribution in [2.24, 2.45) is 0 Å². The van der Waals surface area contributed by atoms with Gasteiger partial charge in [0, 0.05) is 0 Å². The van der Waals surface area contributed by atoms with Gasteiger partial charge >= 0.3 is 0 Å². The molecule has 0 bridgehead atoms. The number of aliphatic hydroxyl groups is 1. The van der Waals surface area contributed by atoms with Gasteiger partial charge in [-0.3, -0.25) is 0 Å². The maximum absolute atomic E-state index is 10.6. The van der Waals surface area contributed by atoms with Crippen LogP contribution < -0.4 is 9.47 Å². The first kappa shape index (κ1) is 15.4. The number of aliphatic hydroxyl groups excluding tert-OH is 1. The van der Waals surface area contributed by atoms with Crippen LogP contribution in [0.5, 0.6) is 11.5 Å². The highest BCUT2D eigenvalue weighted by molar-refractivity contribution is 5.46. The summed E-state index contributed by atoms with van der Waals surface area (Å²) < 4.78 is 10.7. The second-order valence-corrected chi connectivity index (χ2v) is 5.14. The molecule has 0 saturated heterocycles. The zero-order chi connectivity index (χ0) is 15.2. The van der Waals surface area contributed by atoms with E-state index < -0.39 is 6.10 Å². The third-order valence-corrected chi connectivity index (χ3v) is 3.74. The van der Waals surface area contributed by atoms with E-state index in [1.807, 2.05) is 36.4 Å². The SMILES string of the molecule is COc1cccc(OC)c1C(O)CC(C)c1ccccc1. The number of hydrogen-bond acceptors (Lipinski definition) is 3. The molecule has 0 spiro atoms. The third kappa shape index (κ3) is 3.56. The molecule has 0 fully saturated rings. The molecule has 0 heterocycles. The van der Waals surface area contributed by atoms with E-state index in [4.69, 9.17) is 9.47 Å². The van der Waals surface area contributed by atoms with Crippen LogP contribution in [0.4, 0.5) is 0 Å². The lowest BCUT2D eigenvalue weighted by molar-refractivity contribution is 0.151. The van der Waals surface area contributed by atoms with Crippen LogP contribution in [0.2, 0.25) is 0 Å². The predicted molar refractivity (Wildman–Crippen MR) is 84.0 cm³/mol. The van der Waals surface area contributed by atoms with Gasteiger partial charge in [0.15, 0.2) is 0 Å². The minimum Gasteiger partial charge on any atom is -0.496 e. The summed E-state index contributed by atoms with van der Waals surface area (Å²) in [6.45, 7) is 2.11. The Labute approximate surface area is 126 Å². The van der Waals surface area contributed by atoms with Crippen molar-refractivity contribution in [1.82, 2.24) is 0 Å². The van der Waals surface area contributed by atoms with Crippen LogP contribution in [0, 0.1) is 0 Å². The molecule has 21 heavy (non-hydrogen) atoms. The summed E-state index contributed by atoms with van der Waals surface area (Å²) >= 11 is 0. The summed E-state index contributed by atoms with van der Waals surface area (Å²) in [6, 6.07) is 15.7. The predicted octanol–water partition coefficient (Wildman–Crippen LogP) is 3.93. The Bertz CT molecular complexity index is 544. The van der Waals surface area contributed by atoms with Gasteiger partial charge in [0.05, 0.1) is 25.9 Å². The second-order valence-electron chi connectivity index (χ2n) is 5.14. The van der Waals surface area contributed by atoms with E-state index in [1.165, 1.54) is 5.56 Å². The average molecular weight is 286 g/mol. The zero-order valence-electron chi connectivity index (χ0n) is 12.7. The van der Waals surface area contributed by atoms with E-state index in [9.17, 15) is 5.11 Å². The Morgan fingerprint density at radius 2 is 1.48 bits per heavy atom. The number of hydrogen-bond donors (Lipinski definition) is 1. The van der Waals surface area contributed by atoms with Crippen molar-refractivity contribution in [1.29, 1.82) is 0 Å². The first-order chi connectivity index (χ1) is 10.2. The summed E-state index contributed by atoms with van der Waals surface area (Å²) in [6.07, 6.45) is -0.0212. The van der Waals surface area contributed by atoms with E-state index in [0.29, 0.717) is 23.5 Å². The first-order valence-corrected chi connectivity index (χ1v) is 7.11. The largest absolute Gasteiger partial charge is 0.496 e. The van der Waals surface area contributed by atoms with Crippen LogP contribution in [0.1, 0.15) is 36.5 Å². The van der Waals surface area contributed by atoms with E-state index in [-0.39, 0.29) is 5.92 Å². The lowest BCUT2D eigenvalue weighted by Gasteiger charge is -2.21. The van der Waals surface area contributed by atoms with Crippen LogP contribution in [0.15, 0.2) is 48.5 Å². The van der Waals surface area contributed by atoms with Crippen LogP contribution in [-0.2, 0) is 0 Å². The molecule has 2 atom stereocenters. The highest BCUT2D eigenvalue weighted by Gasteiger charge is 2.21. The van der Waals surface area contributed by atoms with Crippen LogP contribution in [-0.4, -0.2) is 19.3 Å². The van der Waals surface area contributed by atoms with Crippen molar-refractivity contribution < 1.29 is 14.6 Å². The van der Waals surface area contributed by atoms with Crippen molar-refractivity contribution in [3.05, 3.63) is 59.7 Å². The summed E-state index contributed by atoms with van der Waals surface area (Å²) in [5, 5.41) is 10.6. The Hall–Kier alpha value is -2.00. The van der Waals surface area contributed by atoms with Crippen LogP contribution in [0.3, 0.4) is 0 Å². The average Bonchev–Trinajstić information content (AvgIpc) is 2.54. The molecular formula is C18H22O3. The molecule has 2 aromatic carbocycles. The molecular weight excluding hydrogens is 264 g/mol. The lowest BCUT2D eigenvalue weighted by Crippen LogP contribution is -2.07. The molecule has 0 aliphatic carbocycles. The van der Waals surface area contributed by atoms with Crippen molar-refractivity contribution in [2.45, 2.75) is 25.4 Å². The van der Waals surface area contributed by atoms with Crippen molar-refractivity contribution in [2.75, 3.05) is 14.2 Å². The fraction of sp³-hybridized carbons (Fsp3) is 0.333. The Morgan fingerprint density at radius 3 is 2.00 bits per heavy atom. The summed E-state index contributed by atoms with van der Waals surface area (Å²) in [5.41, 5.74) is 1.93. The second kappa shape index (κ2) is 7.14. The normalized spacial score (nSPS) is 13.5. The highest BCUT2D eigenvalue weighted by Crippen LogP contribution is 2.38. The summed E-state index contributed by atoms with van der Waals surface area (Å²) in [4.78, 5) is 0. The minimum atomic E-state index is -0.633. The van der Waals surface area contributed by atoms with Crippen LogP contribution in [0.25, 0.3) is 0 Å². The standard InChI is InChI=1S/C18H22O3/c1-13(14-8-5-4-6-9-14)12-15(19)18-16(20-2)10-7-11-17(18)21-3/h4-11,13,15,19H,12H2,1-3H3. The maximum atomic E-state index is 10.6. The zero-order valence-corrected chi connectivity index (χ0v) is 12.7. The molecule has 1 N–H and O–H groups in total. The molecule has 2 aromatic rings. The van der Waals surface area contributed by atoms with Gasteiger partial charge in [0.1, 0.15) is 11.5 Å². The lowest BCUT2D eigenvalue weighted by atomic mass is 9.91. The van der Waals surface area contributed by atoms with Gasteiger partial charge in [-0.25, -0.2) is 0 Å². The summed E-state index contributed by atoms with van der Waals surface area (Å²) in [5.74, 6) is 1.56. The van der Waals surface area contributed by atoms with Gasteiger partial charge < -0.3 is 14.6 Å². The first-order valence-electron chi connectivity index (χ1n) is 7.11. The van der Waals surface area contributed by atoms with E-state index in [0.717, 1.165) is 0 Å². The molecule has 2 rings (SSSR count). The van der Waals surface area contributed by atoms with E-state index in [1.54, 1.807) is 14.2 Å².